The average molecular weight is 304 g/mol. The van der Waals surface area contributed by atoms with Crippen LogP contribution in [0.15, 0.2) is 0 Å². The van der Waals surface area contributed by atoms with Gasteiger partial charge in [-0.1, -0.05) is 6.92 Å². The van der Waals surface area contributed by atoms with Crippen molar-refractivity contribution in [2.24, 2.45) is 5.92 Å². The number of rotatable bonds is 5. The zero-order chi connectivity index (χ0) is 15.7. The fourth-order valence-corrected chi connectivity index (χ4v) is 3.58. The number of nitriles is 1. The maximum Gasteiger partial charge on any atom is 0.326 e. The maximum atomic E-state index is 12.8. The second-order valence-corrected chi connectivity index (χ2v) is 7.02. The molecule has 22 heavy (non-hydrogen) atoms. The Labute approximate surface area is 131 Å². The molecule has 0 bridgehead atoms. The molecule has 2 saturated carbocycles. The highest BCUT2D eigenvalue weighted by Crippen LogP contribution is 2.37. The highest BCUT2D eigenvalue weighted by molar-refractivity contribution is 6.07. The Morgan fingerprint density at radius 2 is 2.00 bits per heavy atom. The van der Waals surface area contributed by atoms with Crippen molar-refractivity contribution in [1.82, 2.24) is 15.1 Å². The number of nitrogens with one attached hydrogen (secondary N) is 1. The molecule has 6 nitrogen and oxygen atoms in total. The molecule has 0 aromatic heterocycles. The first kappa shape index (κ1) is 15.3. The van der Waals surface area contributed by atoms with Gasteiger partial charge in [0, 0.05) is 19.0 Å². The fraction of sp³-hybridized carbons (Fsp3) is 0.812. The normalized spacial score (nSPS) is 31.7. The van der Waals surface area contributed by atoms with Gasteiger partial charge in [-0.2, -0.15) is 5.26 Å². The minimum absolute atomic E-state index is 0.0630. The minimum Gasteiger partial charge on any atom is -0.323 e. The molecule has 3 aliphatic rings. The van der Waals surface area contributed by atoms with E-state index < -0.39 is 5.54 Å². The van der Waals surface area contributed by atoms with E-state index in [-0.39, 0.29) is 11.9 Å². The van der Waals surface area contributed by atoms with Crippen molar-refractivity contribution in [3.05, 3.63) is 0 Å². The first-order chi connectivity index (χ1) is 10.6. The summed E-state index contributed by atoms with van der Waals surface area (Å²) in [5.41, 5.74) is -0.659. The van der Waals surface area contributed by atoms with Crippen LogP contribution in [-0.2, 0) is 4.79 Å². The molecule has 0 aromatic rings. The van der Waals surface area contributed by atoms with Crippen molar-refractivity contribution in [2.45, 2.75) is 63.5 Å². The molecule has 0 radical (unpaired) electrons. The third-order valence-corrected chi connectivity index (χ3v) is 5.27. The second kappa shape index (κ2) is 5.88. The van der Waals surface area contributed by atoms with Gasteiger partial charge in [-0.15, -0.1) is 0 Å². The molecule has 1 heterocycles. The lowest BCUT2D eigenvalue weighted by Gasteiger charge is -2.34. The van der Waals surface area contributed by atoms with Crippen molar-refractivity contribution >= 4 is 11.9 Å². The minimum atomic E-state index is -0.659. The largest absolute Gasteiger partial charge is 0.326 e. The summed E-state index contributed by atoms with van der Waals surface area (Å²) in [7, 11) is 0. The Hall–Kier alpha value is -1.61. The van der Waals surface area contributed by atoms with Gasteiger partial charge in [-0.25, -0.2) is 9.69 Å². The molecule has 1 saturated heterocycles. The van der Waals surface area contributed by atoms with Gasteiger partial charge in [-0.05, 0) is 44.4 Å². The number of carbonyl (C=O) groups is 2. The van der Waals surface area contributed by atoms with E-state index in [2.05, 4.69) is 23.2 Å². The standard InChI is InChI=1S/C16H24N4O2/c1-12-5-7-16(8-6-12)14(21)20(15(22)18-16)11-19(10-2-9-17)13-3-4-13/h12-13H,2-8,10-11H2,1H3,(H,18,22). The van der Waals surface area contributed by atoms with E-state index in [0.717, 1.165) is 38.5 Å². The van der Waals surface area contributed by atoms with Crippen molar-refractivity contribution in [2.75, 3.05) is 13.2 Å². The Morgan fingerprint density at radius 1 is 1.32 bits per heavy atom. The Kier molecular flexibility index (Phi) is 4.09. The van der Waals surface area contributed by atoms with Crippen molar-refractivity contribution in [3.8, 4) is 6.07 Å². The predicted molar refractivity (Wildman–Crippen MR) is 80.6 cm³/mol. The SMILES string of the molecule is CC1CCC2(CC1)NC(=O)N(CN(CCC#N)C1CC1)C2=O. The van der Waals surface area contributed by atoms with Crippen LogP contribution in [0.4, 0.5) is 4.79 Å². The van der Waals surface area contributed by atoms with E-state index in [0.29, 0.717) is 31.6 Å². The molecule has 2 aliphatic carbocycles. The summed E-state index contributed by atoms with van der Waals surface area (Å²) in [6, 6.07) is 2.31. The molecule has 6 heteroatoms. The van der Waals surface area contributed by atoms with Crippen molar-refractivity contribution in [3.63, 3.8) is 0 Å². The van der Waals surface area contributed by atoms with E-state index in [4.69, 9.17) is 5.26 Å². The van der Waals surface area contributed by atoms with E-state index in [1.165, 1.54) is 4.90 Å². The molecule has 3 amide bonds. The molecule has 0 unspecified atom stereocenters. The van der Waals surface area contributed by atoms with Gasteiger partial charge in [0.1, 0.15) is 5.54 Å². The predicted octanol–water partition coefficient (Wildman–Crippen LogP) is 1.82. The molecule has 0 aromatic carbocycles. The van der Waals surface area contributed by atoms with Crippen LogP contribution in [0.5, 0.6) is 0 Å². The van der Waals surface area contributed by atoms with Gasteiger partial charge in [0.15, 0.2) is 0 Å². The number of amides is 3. The lowest BCUT2D eigenvalue weighted by atomic mass is 9.77. The van der Waals surface area contributed by atoms with E-state index in [1.54, 1.807) is 0 Å². The van der Waals surface area contributed by atoms with Crippen LogP contribution in [0, 0.1) is 17.2 Å². The van der Waals surface area contributed by atoms with Crippen LogP contribution in [0.2, 0.25) is 0 Å². The third kappa shape index (κ3) is 2.82. The third-order valence-electron chi connectivity index (χ3n) is 5.27. The quantitative estimate of drug-likeness (QED) is 0.786. The number of hydrogen-bond acceptors (Lipinski definition) is 4. The molecular weight excluding hydrogens is 280 g/mol. The number of carbonyl (C=O) groups excluding carboxylic acids is 2. The highest BCUT2D eigenvalue weighted by Gasteiger charge is 2.52. The van der Waals surface area contributed by atoms with Crippen LogP contribution in [0.3, 0.4) is 0 Å². The zero-order valence-corrected chi connectivity index (χ0v) is 13.2. The zero-order valence-electron chi connectivity index (χ0n) is 13.2. The maximum absolute atomic E-state index is 12.8. The summed E-state index contributed by atoms with van der Waals surface area (Å²) >= 11 is 0. The molecule has 3 rings (SSSR count). The molecule has 1 N–H and O–H groups in total. The van der Waals surface area contributed by atoms with Crippen LogP contribution in [0.25, 0.3) is 0 Å². The number of urea groups is 1. The lowest BCUT2D eigenvalue weighted by Crippen LogP contribution is -2.50. The van der Waals surface area contributed by atoms with Gasteiger partial charge < -0.3 is 5.32 Å². The summed E-state index contributed by atoms with van der Waals surface area (Å²) in [6.07, 6.45) is 6.09. The number of imide groups is 1. The second-order valence-electron chi connectivity index (χ2n) is 7.02. The summed E-state index contributed by atoms with van der Waals surface area (Å²) in [4.78, 5) is 28.6. The summed E-state index contributed by atoms with van der Waals surface area (Å²) < 4.78 is 0. The summed E-state index contributed by atoms with van der Waals surface area (Å²) in [5.74, 6) is 0.565. The average Bonchev–Trinajstić information content (AvgIpc) is 3.31. The van der Waals surface area contributed by atoms with Gasteiger partial charge in [0.25, 0.3) is 5.91 Å². The van der Waals surface area contributed by atoms with Crippen LogP contribution in [0.1, 0.15) is 51.9 Å². The molecule has 3 fully saturated rings. The van der Waals surface area contributed by atoms with Crippen LogP contribution in [-0.4, -0.2) is 46.5 Å². The Balaban J connectivity index is 1.67. The van der Waals surface area contributed by atoms with Crippen LogP contribution >= 0.6 is 0 Å². The molecule has 1 spiro atoms. The monoisotopic (exact) mass is 304 g/mol. The van der Waals surface area contributed by atoms with Gasteiger partial charge in [-0.3, -0.25) is 9.69 Å². The molecular formula is C16H24N4O2. The van der Waals surface area contributed by atoms with Gasteiger partial charge in [0.2, 0.25) is 0 Å². The Morgan fingerprint density at radius 3 is 2.59 bits per heavy atom. The van der Waals surface area contributed by atoms with Gasteiger partial charge >= 0.3 is 6.03 Å². The van der Waals surface area contributed by atoms with Crippen LogP contribution < -0.4 is 5.32 Å². The van der Waals surface area contributed by atoms with Crippen molar-refractivity contribution in [1.29, 1.82) is 5.26 Å². The topological polar surface area (TPSA) is 76.4 Å². The number of nitrogens with zero attached hydrogens (tertiary/aromatic N) is 3. The van der Waals surface area contributed by atoms with Gasteiger partial charge in [0.05, 0.1) is 12.7 Å². The Bertz CT molecular complexity index is 501. The molecule has 1 aliphatic heterocycles. The first-order valence-electron chi connectivity index (χ1n) is 8.31. The van der Waals surface area contributed by atoms with E-state index in [9.17, 15) is 9.59 Å². The summed E-state index contributed by atoms with van der Waals surface area (Å²) in [6.45, 7) is 3.15. The smallest absolute Gasteiger partial charge is 0.323 e. The summed E-state index contributed by atoms with van der Waals surface area (Å²) in [5, 5.41) is 11.7. The molecule has 0 atom stereocenters. The number of hydrogen-bond donors (Lipinski definition) is 1. The highest BCUT2D eigenvalue weighted by atomic mass is 16.2. The first-order valence-corrected chi connectivity index (χ1v) is 8.31. The molecule has 120 valence electrons. The van der Waals surface area contributed by atoms with E-state index >= 15 is 0 Å². The van der Waals surface area contributed by atoms with E-state index in [1.807, 2.05) is 0 Å². The van der Waals surface area contributed by atoms with Crippen molar-refractivity contribution < 1.29 is 9.59 Å². The lowest BCUT2D eigenvalue weighted by molar-refractivity contribution is -0.134. The fourth-order valence-electron chi connectivity index (χ4n) is 3.58.